The zero-order valence-electron chi connectivity index (χ0n) is 13.9. The lowest BCUT2D eigenvalue weighted by atomic mass is 10.1. The van der Waals surface area contributed by atoms with Gasteiger partial charge >= 0.3 is 5.97 Å². The Morgan fingerprint density at radius 2 is 1.54 bits per heavy atom. The van der Waals surface area contributed by atoms with Crippen molar-refractivity contribution < 1.29 is 33.9 Å². The minimum absolute atomic E-state index is 0.169. The average Bonchev–Trinajstić information content (AvgIpc) is 2.54. The minimum Gasteiger partial charge on any atom is -0.481 e. The maximum atomic E-state index is 12.2. The van der Waals surface area contributed by atoms with Crippen LogP contribution in [0.3, 0.4) is 0 Å². The van der Waals surface area contributed by atoms with E-state index in [-0.39, 0.29) is 25.7 Å². The molecule has 0 fully saturated rings. The maximum Gasteiger partial charge on any atom is 0.303 e. The van der Waals surface area contributed by atoms with Crippen LogP contribution >= 0.6 is 0 Å². The first-order valence-electron chi connectivity index (χ1n) is 7.59. The molecule has 3 atom stereocenters. The van der Waals surface area contributed by atoms with E-state index in [1.54, 1.807) is 0 Å². The van der Waals surface area contributed by atoms with Crippen LogP contribution in [0.5, 0.6) is 0 Å². The number of nitrogens with one attached hydrogen (secondary N) is 2. The van der Waals surface area contributed by atoms with Crippen molar-refractivity contribution >= 4 is 35.9 Å². The van der Waals surface area contributed by atoms with E-state index < -0.39 is 54.1 Å². The van der Waals surface area contributed by atoms with Crippen LogP contribution in [0.15, 0.2) is 0 Å². The Hall–Kier alpha value is -3.02. The summed E-state index contributed by atoms with van der Waals surface area (Å²) < 4.78 is 0. The molecule has 0 bridgehead atoms. The van der Waals surface area contributed by atoms with Crippen LogP contribution in [0.25, 0.3) is 0 Å². The number of carbonyl (C=O) groups is 5. The molecule has 0 unspecified atom stereocenters. The fourth-order valence-corrected chi connectivity index (χ4v) is 1.84. The predicted molar refractivity (Wildman–Crippen MR) is 86.6 cm³/mol. The third kappa shape index (κ3) is 9.97. The number of carbonyl (C=O) groups excluding carboxylic acids is 5. The molecule has 1 radical (unpaired) electrons. The van der Waals surface area contributed by atoms with Crippen LogP contribution in [0, 0.1) is 0 Å². The second-order valence-corrected chi connectivity index (χ2v) is 5.45. The molecular formula is C14H22N5O7. The van der Waals surface area contributed by atoms with Crippen molar-refractivity contribution in [3.8, 4) is 0 Å². The highest BCUT2D eigenvalue weighted by molar-refractivity contribution is 5.92. The lowest BCUT2D eigenvalue weighted by Gasteiger charge is -2.21. The van der Waals surface area contributed by atoms with Crippen molar-refractivity contribution in [2.45, 2.75) is 50.2 Å². The summed E-state index contributed by atoms with van der Waals surface area (Å²) >= 11 is 0. The Morgan fingerprint density at radius 3 is 2.00 bits per heavy atom. The minimum atomic E-state index is -1.33. The van der Waals surface area contributed by atoms with Crippen molar-refractivity contribution in [2.75, 3.05) is 0 Å². The molecule has 0 aliphatic heterocycles. The van der Waals surface area contributed by atoms with Crippen LogP contribution in [-0.2, 0) is 28.8 Å². The molecule has 12 nitrogen and oxygen atoms in total. The molecule has 12 heteroatoms. The second kappa shape index (κ2) is 11.5. The highest BCUT2D eigenvalue weighted by Gasteiger charge is 2.26. The monoisotopic (exact) mass is 372 g/mol. The SMILES string of the molecule is NC(=O)CC[C@H](NC(=O)[C@@H](N)CCC(=O)O)C(=O)N[C@H]([C]=O)CC(N)=O. The Morgan fingerprint density at radius 1 is 0.923 bits per heavy atom. The van der Waals surface area contributed by atoms with Gasteiger partial charge in [0.1, 0.15) is 12.1 Å². The summed E-state index contributed by atoms with van der Waals surface area (Å²) in [7, 11) is 0. The fraction of sp³-hybridized carbons (Fsp3) is 0.571. The molecule has 0 heterocycles. The van der Waals surface area contributed by atoms with Gasteiger partial charge in [0, 0.05) is 12.8 Å². The van der Waals surface area contributed by atoms with Gasteiger partial charge in [-0.1, -0.05) is 0 Å². The van der Waals surface area contributed by atoms with Crippen LogP contribution in [0.4, 0.5) is 0 Å². The molecule has 26 heavy (non-hydrogen) atoms. The summed E-state index contributed by atoms with van der Waals surface area (Å²) in [5.74, 6) is -4.43. The highest BCUT2D eigenvalue weighted by Crippen LogP contribution is 2.02. The number of hydrogen-bond donors (Lipinski definition) is 6. The first kappa shape index (κ1) is 23.0. The van der Waals surface area contributed by atoms with Gasteiger partial charge in [-0.05, 0) is 12.8 Å². The third-order valence-corrected chi connectivity index (χ3v) is 3.18. The molecule has 9 N–H and O–H groups in total. The molecule has 145 valence electrons. The molecule has 0 aromatic heterocycles. The van der Waals surface area contributed by atoms with Crippen molar-refractivity contribution in [3.05, 3.63) is 0 Å². The van der Waals surface area contributed by atoms with E-state index in [1.165, 1.54) is 6.29 Å². The average molecular weight is 372 g/mol. The number of amides is 4. The molecule has 0 saturated heterocycles. The summed E-state index contributed by atoms with van der Waals surface area (Å²) in [6.07, 6.45) is -0.0526. The summed E-state index contributed by atoms with van der Waals surface area (Å²) in [6, 6.07) is -3.81. The highest BCUT2D eigenvalue weighted by atomic mass is 16.4. The van der Waals surface area contributed by atoms with Crippen molar-refractivity contribution in [3.63, 3.8) is 0 Å². The van der Waals surface area contributed by atoms with E-state index in [4.69, 9.17) is 22.3 Å². The number of nitrogens with two attached hydrogens (primary N) is 3. The maximum absolute atomic E-state index is 12.2. The van der Waals surface area contributed by atoms with Crippen LogP contribution in [-0.4, -0.2) is 59.1 Å². The van der Waals surface area contributed by atoms with Gasteiger partial charge in [-0.25, -0.2) is 0 Å². The normalized spacial score (nSPS) is 13.7. The number of carboxylic acids is 1. The number of carboxylic acid groups (broad SMARTS) is 1. The van der Waals surface area contributed by atoms with Gasteiger partial charge < -0.3 is 32.9 Å². The van der Waals surface area contributed by atoms with Crippen LogP contribution in [0.2, 0.25) is 0 Å². The Bertz CT molecular complexity index is 566. The molecule has 0 aliphatic rings. The second-order valence-electron chi connectivity index (χ2n) is 5.45. The Kier molecular flexibility index (Phi) is 10.2. The summed E-state index contributed by atoms with van der Waals surface area (Å²) in [4.78, 5) is 67.2. The molecule has 0 saturated carbocycles. The van der Waals surface area contributed by atoms with Gasteiger partial charge in [-0.2, -0.15) is 0 Å². The third-order valence-electron chi connectivity index (χ3n) is 3.18. The van der Waals surface area contributed by atoms with Gasteiger partial charge in [0.05, 0.1) is 12.5 Å². The summed E-state index contributed by atoms with van der Waals surface area (Å²) in [5.41, 5.74) is 15.5. The number of hydrogen-bond acceptors (Lipinski definition) is 7. The van der Waals surface area contributed by atoms with E-state index >= 15 is 0 Å². The molecular weight excluding hydrogens is 350 g/mol. The number of aliphatic carboxylic acids is 1. The molecule has 0 aromatic rings. The van der Waals surface area contributed by atoms with E-state index in [0.29, 0.717) is 0 Å². The fourth-order valence-electron chi connectivity index (χ4n) is 1.84. The summed E-state index contributed by atoms with van der Waals surface area (Å²) in [6.45, 7) is 0. The standard InChI is InChI=1S/C14H22N5O7/c15-8(1-4-12(23)24)13(25)19-9(2-3-10(16)21)14(26)18-7(6-20)5-11(17)22/h7-9H,1-5,15H2,(H2,16,21)(H2,17,22)(H,18,26)(H,19,25)(H,23,24)/t7-,8-,9-/m0/s1. The van der Waals surface area contributed by atoms with Crippen LogP contribution in [0.1, 0.15) is 32.1 Å². The van der Waals surface area contributed by atoms with Gasteiger partial charge in [0.15, 0.2) is 0 Å². The Balaban J connectivity index is 4.96. The molecule has 4 amide bonds. The van der Waals surface area contributed by atoms with E-state index in [0.717, 1.165) is 0 Å². The summed E-state index contributed by atoms with van der Waals surface area (Å²) in [5, 5.41) is 13.0. The topological polar surface area (TPSA) is 225 Å². The van der Waals surface area contributed by atoms with Crippen molar-refractivity contribution in [1.82, 2.24) is 10.6 Å². The quantitative estimate of drug-likeness (QED) is 0.189. The molecule has 0 aliphatic carbocycles. The van der Waals surface area contributed by atoms with E-state index in [1.807, 2.05) is 0 Å². The zero-order valence-corrected chi connectivity index (χ0v) is 13.9. The smallest absolute Gasteiger partial charge is 0.303 e. The number of rotatable bonds is 13. The lowest BCUT2D eigenvalue weighted by molar-refractivity contribution is -0.137. The van der Waals surface area contributed by atoms with Gasteiger partial charge in [-0.3, -0.25) is 28.8 Å². The Labute approximate surface area is 148 Å². The van der Waals surface area contributed by atoms with Gasteiger partial charge in [-0.15, -0.1) is 0 Å². The number of primary amides is 2. The predicted octanol–water partition coefficient (Wildman–Crippen LogP) is -3.60. The lowest BCUT2D eigenvalue weighted by Crippen LogP contribution is -2.54. The first-order chi connectivity index (χ1) is 12.1. The van der Waals surface area contributed by atoms with E-state index in [9.17, 15) is 28.8 Å². The zero-order chi connectivity index (χ0) is 20.3. The van der Waals surface area contributed by atoms with Crippen molar-refractivity contribution in [1.29, 1.82) is 0 Å². The van der Waals surface area contributed by atoms with Crippen molar-refractivity contribution in [2.24, 2.45) is 17.2 Å². The molecule has 0 rings (SSSR count). The first-order valence-corrected chi connectivity index (χ1v) is 7.59. The van der Waals surface area contributed by atoms with Crippen LogP contribution < -0.4 is 27.8 Å². The molecule has 0 spiro atoms. The molecule has 0 aromatic carbocycles. The van der Waals surface area contributed by atoms with Gasteiger partial charge in [0.2, 0.25) is 29.9 Å². The largest absolute Gasteiger partial charge is 0.481 e. The van der Waals surface area contributed by atoms with Gasteiger partial charge in [0.25, 0.3) is 0 Å². The van der Waals surface area contributed by atoms with E-state index in [2.05, 4.69) is 10.6 Å².